The van der Waals surface area contributed by atoms with Gasteiger partial charge in [0.15, 0.2) is 41.7 Å². The van der Waals surface area contributed by atoms with Crippen LogP contribution in [-0.2, 0) is 68.5 Å². The number of aliphatic carboxylic acids is 1. The van der Waals surface area contributed by atoms with Crippen LogP contribution in [0.2, 0.25) is 10.0 Å². The molecule has 2 unspecified atom stereocenters. The van der Waals surface area contributed by atoms with Crippen molar-refractivity contribution in [2.75, 3.05) is 13.7 Å². The zero-order valence-electron chi connectivity index (χ0n) is 66.8. The van der Waals surface area contributed by atoms with Crippen molar-refractivity contribution >= 4 is 70.3 Å². The fourth-order valence-electron chi connectivity index (χ4n) is 16.0. The van der Waals surface area contributed by atoms with Gasteiger partial charge in [0, 0.05) is 54.0 Å². The summed E-state index contributed by atoms with van der Waals surface area (Å²) < 4.78 is 94.3. The maximum atomic E-state index is 16.5. The molecule has 6 aromatic carbocycles. The highest BCUT2D eigenvalue weighted by atomic mass is 35.5. The number of rotatable bonds is 20. The zero-order valence-corrected chi connectivity index (χ0v) is 68.3. The van der Waals surface area contributed by atoms with E-state index < -0.39 is 303 Å². The van der Waals surface area contributed by atoms with E-state index in [1.54, 1.807) is 0 Å². The number of likely N-dealkylation sites (N-methyl/N-ethyl adjacent to an activating group) is 1. The van der Waals surface area contributed by atoms with Crippen LogP contribution in [0.25, 0.3) is 11.1 Å². The van der Waals surface area contributed by atoms with Crippen LogP contribution in [0.4, 0.5) is 13.2 Å². The van der Waals surface area contributed by atoms with E-state index >= 15 is 24.0 Å². The number of phenolic OH excluding ortho intramolecular Hbond substituents is 3. The standard InChI is InChI=1S/C83H94Cl2F3N7O29/c1-32(2)18-47(91-5)77(112)94-63-50(100)23-39(26-58(89)102)75(110)92-61-38-24-55(117-52-16-13-36(65(63)103)21-45(52)84)72(122-81-70(108)68(106)73(57(31-96)120-81)123-80-69(107)67(105)66(104)54(119-80)11-7-9-34-8-6-10-41(19-34)124-83(86,87)88)56(25-38)118-53-17-14-37(22-46(53)85)71(121-59-30-82(4,90)74(109)33(3)116-59)64-78(113)93-62(79(114)115)44-27-40(97)28-49(99)60(44)43-20-35(12-15-48(43)98)42(29-51(61)101)76(111)95-64/h6,8,10,12-17,19-22,24-25,27-28,32-33,39,42,47,54,57,59,61-71,73-74,80-81,91,96-99,103-109H,7,9,11,18,23,26,29-31,90H2,1-5H3,(H2,89,102)(H,92,110)(H,93,113)(H,94,112)(H,95,111)(H,114,115)/t33-,39-,42+,47+,54+,57+,59?,61+,62+,63?,64-,65+,66-,67-,68+,69+,70+,71+,73+,74-,80-,81-,82-/m0/s1. The predicted molar refractivity (Wildman–Crippen MR) is 424 cm³/mol. The molecule has 0 aromatic heterocycles. The first-order valence-corrected chi connectivity index (χ1v) is 40.2. The summed E-state index contributed by atoms with van der Waals surface area (Å²) in [5, 5.41) is 151. The molecular weight excluding hydrogens is 1690 g/mol. The summed E-state index contributed by atoms with van der Waals surface area (Å²) in [5.74, 6) is -20.3. The van der Waals surface area contributed by atoms with Gasteiger partial charge in [-0.1, -0.05) is 67.4 Å². The van der Waals surface area contributed by atoms with Gasteiger partial charge in [-0.25, -0.2) is 4.79 Å². The second-order valence-corrected chi connectivity index (χ2v) is 32.8. The lowest BCUT2D eigenvalue weighted by Gasteiger charge is -2.46. The van der Waals surface area contributed by atoms with Crippen molar-refractivity contribution in [1.82, 2.24) is 26.6 Å². The predicted octanol–water partition coefficient (Wildman–Crippen LogP) is 3.84. The maximum Gasteiger partial charge on any atom is 0.573 e. The number of benzene rings is 6. The van der Waals surface area contributed by atoms with Gasteiger partial charge in [-0.05, 0) is 147 Å². The van der Waals surface area contributed by atoms with Gasteiger partial charge in [-0.3, -0.25) is 33.6 Å². The van der Waals surface area contributed by atoms with E-state index in [9.17, 15) is 88.8 Å². The van der Waals surface area contributed by atoms with E-state index in [4.69, 9.17) is 72.6 Å². The number of fused-ring (bicyclic) bond motifs is 15. The van der Waals surface area contributed by atoms with Crippen molar-refractivity contribution in [3.63, 3.8) is 0 Å². The van der Waals surface area contributed by atoms with Crippen molar-refractivity contribution in [3.8, 4) is 62.9 Å². The van der Waals surface area contributed by atoms with Crippen molar-refractivity contribution in [2.45, 2.75) is 219 Å². The monoisotopic (exact) mass is 1780 g/mol. The Labute approximate surface area is 714 Å². The number of hydrogen-bond donors (Lipinski definition) is 19. The summed E-state index contributed by atoms with van der Waals surface area (Å²) in [6, 6.07) is 8.99. The molecule has 0 aliphatic carbocycles. The van der Waals surface area contributed by atoms with E-state index in [-0.39, 0.29) is 54.7 Å². The number of aryl methyl sites for hydroxylation is 1. The van der Waals surface area contributed by atoms with E-state index in [1.807, 2.05) is 13.8 Å². The first-order valence-electron chi connectivity index (χ1n) is 39.4. The molecule has 3 saturated heterocycles. The molecule has 3 fully saturated rings. The van der Waals surface area contributed by atoms with Crippen LogP contribution in [0.3, 0.4) is 0 Å². The molecule has 670 valence electrons. The smallest absolute Gasteiger partial charge is 0.508 e. The van der Waals surface area contributed by atoms with E-state index in [1.165, 1.54) is 45.2 Å². The zero-order chi connectivity index (χ0) is 90.2. The third-order valence-electron chi connectivity index (χ3n) is 22.4. The number of aliphatic hydroxyl groups excluding tert-OH is 8. The largest absolute Gasteiger partial charge is 0.573 e. The Morgan fingerprint density at radius 2 is 1.35 bits per heavy atom. The Kier molecular flexibility index (Phi) is 28.8. The SMILES string of the molecule is CN[C@H](CC(C)C)C(=O)NC1C(=O)C[C@@H](CC(N)=O)C(=O)N[C@H]2C(=O)C[C@H]3C(=O)N[C@H](C(=O)N[C@@H](C(=O)O)c4cc(O)cc(O)c4-c4cc3ccc4O)[C@H](OC3C[C@](C)(N)[C@@H](O)[C@H](C)O3)c3ccc(c(Cl)c3)Oc3cc2cc(c3O[C@@H]2O[C@H](CO)[C@@H](O[C@@H]3O[C@H](CCCc4cccc(OC(F)(F)F)c4)[C@H](O)[C@H](O)[C@H]3O)[C@H](O)[C@H]2O)Oc2ccc(cc2Cl)[C@H]1O. The number of aromatic hydroxyl groups is 3. The third kappa shape index (κ3) is 20.8. The quantitative estimate of drug-likeness (QED) is 0.0516. The van der Waals surface area contributed by atoms with Gasteiger partial charge >= 0.3 is 12.3 Å². The number of halogens is 5. The van der Waals surface area contributed by atoms with Crippen LogP contribution < -0.4 is 57.0 Å². The van der Waals surface area contributed by atoms with Crippen molar-refractivity contribution in [1.29, 1.82) is 0 Å². The maximum absolute atomic E-state index is 16.5. The molecule has 8 aliphatic rings. The summed E-state index contributed by atoms with van der Waals surface area (Å²) in [6.07, 6.45) is -36.8. The van der Waals surface area contributed by atoms with E-state index in [0.717, 1.165) is 78.9 Å². The molecule has 8 heterocycles. The number of amides is 5. The molecule has 124 heavy (non-hydrogen) atoms. The lowest BCUT2D eigenvalue weighted by molar-refractivity contribution is -0.351. The molecule has 0 spiro atoms. The minimum absolute atomic E-state index is 0.0700. The van der Waals surface area contributed by atoms with Crippen LogP contribution >= 0.6 is 23.2 Å². The minimum atomic E-state index is -5.00. The highest BCUT2D eigenvalue weighted by molar-refractivity contribution is 6.32. The van der Waals surface area contributed by atoms with Crippen LogP contribution in [0.1, 0.15) is 136 Å². The second-order valence-electron chi connectivity index (χ2n) is 32.0. The number of carbonyl (C=O) groups is 8. The van der Waals surface area contributed by atoms with Crippen LogP contribution in [0, 0.1) is 11.8 Å². The second kappa shape index (κ2) is 38.4. The molecule has 5 amide bonds. The molecule has 0 saturated carbocycles. The first kappa shape index (κ1) is 93.0. The molecule has 41 heteroatoms. The van der Waals surface area contributed by atoms with Crippen molar-refractivity contribution in [3.05, 3.63) is 147 Å². The van der Waals surface area contributed by atoms with Gasteiger partial charge in [0.05, 0.1) is 52.8 Å². The number of alkyl halides is 3. The fraction of sp³-hybridized carbons (Fsp3) is 0.470. The van der Waals surface area contributed by atoms with Gasteiger partial charge in [-0.2, -0.15) is 0 Å². The lowest BCUT2D eigenvalue weighted by Crippen LogP contribution is -2.64. The number of nitrogens with two attached hydrogens (primary N) is 2. The Balaban J connectivity index is 1.03. The number of carbonyl (C=O) groups excluding carboxylic acids is 7. The topological polar surface area (TPSA) is 575 Å². The number of carboxylic acid groups (broad SMARTS) is 1. The Bertz CT molecular complexity index is 5010. The number of carboxylic acids is 1. The van der Waals surface area contributed by atoms with Crippen LogP contribution in [-0.4, -0.2) is 232 Å². The summed E-state index contributed by atoms with van der Waals surface area (Å²) in [5.41, 5.74) is 8.62. The molecule has 36 nitrogen and oxygen atoms in total. The number of primary amides is 1. The highest BCUT2D eigenvalue weighted by Gasteiger charge is 2.53. The molecule has 8 aliphatic heterocycles. The van der Waals surface area contributed by atoms with Crippen molar-refractivity contribution in [2.24, 2.45) is 23.3 Å². The average Bonchev–Trinajstić information content (AvgIpc) is 0.764. The summed E-state index contributed by atoms with van der Waals surface area (Å²) in [6.45, 7) is 5.37. The van der Waals surface area contributed by atoms with Gasteiger partial charge in [0.1, 0.15) is 108 Å². The van der Waals surface area contributed by atoms with E-state index in [2.05, 4.69) is 31.3 Å². The summed E-state index contributed by atoms with van der Waals surface area (Å²) in [7, 11) is 1.47. The molecule has 21 N–H and O–H groups in total. The lowest BCUT2D eigenvalue weighted by atomic mass is 9.84. The average molecular weight is 1780 g/mol. The number of phenols is 3. The van der Waals surface area contributed by atoms with Gasteiger partial charge < -0.3 is 142 Å². The number of nitrogens with one attached hydrogen (secondary N) is 5. The molecule has 14 rings (SSSR count). The molecule has 0 radical (unpaired) electrons. The number of ether oxygens (including phenoxy) is 9. The van der Waals surface area contributed by atoms with Gasteiger partial charge in [0.2, 0.25) is 41.6 Å². The Morgan fingerprint density at radius 3 is 1.98 bits per heavy atom. The Morgan fingerprint density at radius 1 is 0.702 bits per heavy atom. The third-order valence-corrected chi connectivity index (χ3v) is 23.0. The molecule has 6 aromatic rings. The number of aliphatic hydroxyl groups is 8. The van der Waals surface area contributed by atoms with E-state index in [0.29, 0.717) is 5.56 Å². The normalized spacial score (nSPS) is 30.2. The minimum Gasteiger partial charge on any atom is -0.508 e. The number of hydrogen-bond acceptors (Lipinski definition) is 30. The molecule has 23 atom stereocenters. The highest BCUT2D eigenvalue weighted by Crippen LogP contribution is 2.51. The van der Waals surface area contributed by atoms with Crippen molar-refractivity contribution < 1.29 is 155 Å². The van der Waals surface area contributed by atoms with Crippen LogP contribution in [0.15, 0.2) is 103 Å². The van der Waals surface area contributed by atoms with Crippen LogP contribution in [0.5, 0.6) is 51.7 Å². The Hall–Kier alpha value is -10.2. The van der Waals surface area contributed by atoms with Gasteiger partial charge in [0.25, 0.3) is 0 Å². The number of ketones is 2. The summed E-state index contributed by atoms with van der Waals surface area (Å²) >= 11 is 14.5. The fourth-order valence-corrected chi connectivity index (χ4v) is 16.4. The summed E-state index contributed by atoms with van der Waals surface area (Å²) in [4.78, 5) is 121. The first-order chi connectivity index (χ1) is 58.5. The molecular formula is C83H94Cl2F3N7O29. The number of Topliss-reactive ketones (excluding diaryl/α,β-unsaturated/α-hetero) is 2. The van der Waals surface area contributed by atoms with Gasteiger partial charge in [-0.15, -0.1) is 13.2 Å². The molecule has 11 bridgehead atoms.